The molecule has 0 atom stereocenters. The number of fused-ring (bicyclic) bond motifs is 1. The number of rotatable bonds is 6. The van der Waals surface area contributed by atoms with Gasteiger partial charge < -0.3 is 15.2 Å². The van der Waals surface area contributed by atoms with Gasteiger partial charge in [0.05, 0.1) is 6.33 Å². The van der Waals surface area contributed by atoms with Gasteiger partial charge in [-0.25, -0.2) is 4.98 Å². The number of imidazole rings is 1. The van der Waals surface area contributed by atoms with Crippen molar-refractivity contribution < 1.29 is 0 Å². The Morgan fingerprint density at radius 2 is 2.17 bits per heavy atom. The normalized spacial score (nSPS) is 14.3. The third kappa shape index (κ3) is 3.02. The Morgan fingerprint density at radius 1 is 1.29 bits per heavy atom. The first-order valence-corrected chi connectivity index (χ1v) is 8.34. The van der Waals surface area contributed by atoms with Crippen LogP contribution in [-0.2, 0) is 6.54 Å². The van der Waals surface area contributed by atoms with Crippen molar-refractivity contribution in [1.29, 1.82) is 0 Å². The van der Waals surface area contributed by atoms with E-state index in [0.29, 0.717) is 24.6 Å². The molecule has 1 fully saturated rings. The Bertz CT molecular complexity index is 837. The van der Waals surface area contributed by atoms with E-state index < -0.39 is 0 Å². The molecule has 0 unspecified atom stereocenters. The van der Waals surface area contributed by atoms with E-state index in [2.05, 4.69) is 49.0 Å². The molecule has 3 aromatic rings. The molecule has 0 bridgehead atoms. The maximum absolute atomic E-state index is 4.68. The van der Waals surface area contributed by atoms with Crippen LogP contribution in [0.25, 0.3) is 11.2 Å². The van der Waals surface area contributed by atoms with Crippen molar-refractivity contribution in [2.45, 2.75) is 45.3 Å². The van der Waals surface area contributed by atoms with E-state index in [1.807, 2.05) is 24.7 Å². The molecule has 0 amide bonds. The molecular formula is C17H21N7. The summed E-state index contributed by atoms with van der Waals surface area (Å²) in [6.45, 7) is 4.89. The molecule has 3 aromatic heterocycles. The van der Waals surface area contributed by atoms with Gasteiger partial charge in [0.15, 0.2) is 17.0 Å². The summed E-state index contributed by atoms with van der Waals surface area (Å²) in [6, 6.07) is 4.76. The molecule has 0 aromatic carbocycles. The summed E-state index contributed by atoms with van der Waals surface area (Å²) in [5, 5.41) is 6.77. The number of nitrogens with one attached hydrogen (secondary N) is 2. The molecule has 0 radical (unpaired) electrons. The van der Waals surface area contributed by atoms with E-state index in [9.17, 15) is 0 Å². The van der Waals surface area contributed by atoms with Gasteiger partial charge in [-0.2, -0.15) is 9.97 Å². The van der Waals surface area contributed by atoms with E-state index in [4.69, 9.17) is 0 Å². The monoisotopic (exact) mass is 323 g/mol. The fraction of sp³-hybridized carbons (Fsp3) is 0.412. The molecule has 2 N–H and O–H groups in total. The Hall–Kier alpha value is -2.70. The summed E-state index contributed by atoms with van der Waals surface area (Å²) in [6.07, 6.45) is 7.83. The number of aromatic nitrogens is 5. The van der Waals surface area contributed by atoms with E-state index in [-0.39, 0.29) is 0 Å². The maximum Gasteiger partial charge on any atom is 0.227 e. The zero-order valence-electron chi connectivity index (χ0n) is 13.9. The minimum atomic E-state index is 0.296. The molecule has 4 rings (SSSR count). The Labute approximate surface area is 140 Å². The third-order valence-corrected chi connectivity index (χ3v) is 4.07. The molecule has 7 nitrogen and oxygen atoms in total. The Kier molecular flexibility index (Phi) is 3.76. The first kappa shape index (κ1) is 14.9. The van der Waals surface area contributed by atoms with Crippen LogP contribution >= 0.6 is 0 Å². The van der Waals surface area contributed by atoms with Crippen LogP contribution in [0.2, 0.25) is 0 Å². The zero-order valence-corrected chi connectivity index (χ0v) is 13.9. The summed E-state index contributed by atoms with van der Waals surface area (Å²) < 4.78 is 2.07. The van der Waals surface area contributed by atoms with E-state index in [0.717, 1.165) is 22.5 Å². The van der Waals surface area contributed by atoms with Gasteiger partial charge in [0, 0.05) is 31.0 Å². The largest absolute Gasteiger partial charge is 0.365 e. The van der Waals surface area contributed by atoms with Crippen LogP contribution in [0.3, 0.4) is 0 Å². The topological polar surface area (TPSA) is 80.5 Å². The molecular weight excluding hydrogens is 302 g/mol. The second-order valence-corrected chi connectivity index (χ2v) is 6.45. The van der Waals surface area contributed by atoms with Crippen molar-refractivity contribution in [2.24, 2.45) is 0 Å². The molecule has 1 aliphatic carbocycles. The second kappa shape index (κ2) is 6.07. The average molecular weight is 323 g/mol. The quantitative estimate of drug-likeness (QED) is 0.726. The van der Waals surface area contributed by atoms with E-state index >= 15 is 0 Å². The lowest BCUT2D eigenvalue weighted by molar-refractivity contribution is 0.613. The van der Waals surface area contributed by atoms with Gasteiger partial charge in [0.25, 0.3) is 0 Å². The van der Waals surface area contributed by atoms with Crippen LogP contribution in [-0.4, -0.2) is 30.5 Å². The van der Waals surface area contributed by atoms with Crippen molar-refractivity contribution >= 4 is 22.9 Å². The fourth-order valence-electron chi connectivity index (χ4n) is 2.58. The smallest absolute Gasteiger partial charge is 0.227 e. The zero-order chi connectivity index (χ0) is 16.5. The van der Waals surface area contributed by atoms with Crippen molar-refractivity contribution in [3.05, 3.63) is 36.4 Å². The van der Waals surface area contributed by atoms with Gasteiger partial charge in [-0.05, 0) is 38.3 Å². The van der Waals surface area contributed by atoms with Gasteiger partial charge in [0.1, 0.15) is 0 Å². The number of pyridine rings is 1. The third-order valence-electron chi connectivity index (χ3n) is 4.07. The summed E-state index contributed by atoms with van der Waals surface area (Å²) in [7, 11) is 0. The lowest BCUT2D eigenvalue weighted by atomic mass is 10.3. The predicted octanol–water partition coefficient (Wildman–Crippen LogP) is 2.99. The van der Waals surface area contributed by atoms with Gasteiger partial charge in [-0.3, -0.25) is 4.98 Å². The number of hydrogen-bond donors (Lipinski definition) is 2. The molecule has 0 saturated heterocycles. The van der Waals surface area contributed by atoms with Crippen LogP contribution in [0.4, 0.5) is 11.8 Å². The molecule has 1 saturated carbocycles. The molecule has 24 heavy (non-hydrogen) atoms. The first-order valence-electron chi connectivity index (χ1n) is 8.34. The summed E-state index contributed by atoms with van der Waals surface area (Å²) in [5.41, 5.74) is 2.79. The summed E-state index contributed by atoms with van der Waals surface area (Å²) in [5.74, 6) is 1.42. The SMILES string of the molecule is CC(C)n1cnc2c(NC3CC3)nc(NCc3cccnc3)nc21. The van der Waals surface area contributed by atoms with Gasteiger partial charge in [0.2, 0.25) is 5.95 Å². The lowest BCUT2D eigenvalue weighted by Gasteiger charge is -2.11. The van der Waals surface area contributed by atoms with Crippen LogP contribution < -0.4 is 10.6 Å². The van der Waals surface area contributed by atoms with Crippen molar-refractivity contribution in [3.8, 4) is 0 Å². The van der Waals surface area contributed by atoms with Crippen LogP contribution in [0, 0.1) is 0 Å². The molecule has 7 heteroatoms. The second-order valence-electron chi connectivity index (χ2n) is 6.45. The standard InChI is InChI=1S/C17H21N7/c1-11(2)24-10-20-14-15(21-13-5-6-13)22-17(23-16(14)24)19-9-12-4-3-7-18-8-12/h3-4,7-8,10-11,13H,5-6,9H2,1-2H3,(H2,19,21,22,23). The van der Waals surface area contributed by atoms with Gasteiger partial charge in [-0.15, -0.1) is 0 Å². The highest BCUT2D eigenvalue weighted by Gasteiger charge is 2.24. The highest BCUT2D eigenvalue weighted by molar-refractivity contribution is 5.84. The van der Waals surface area contributed by atoms with Crippen molar-refractivity contribution in [1.82, 2.24) is 24.5 Å². The number of hydrogen-bond acceptors (Lipinski definition) is 6. The number of anilines is 2. The van der Waals surface area contributed by atoms with Crippen LogP contribution in [0.15, 0.2) is 30.9 Å². The first-order chi connectivity index (χ1) is 11.7. The number of nitrogens with zero attached hydrogens (tertiary/aromatic N) is 5. The Balaban J connectivity index is 1.67. The molecule has 3 heterocycles. The van der Waals surface area contributed by atoms with Gasteiger partial charge in [-0.1, -0.05) is 6.07 Å². The molecule has 0 spiro atoms. The Morgan fingerprint density at radius 3 is 2.88 bits per heavy atom. The molecule has 124 valence electrons. The lowest BCUT2D eigenvalue weighted by Crippen LogP contribution is -2.10. The van der Waals surface area contributed by atoms with Crippen molar-refractivity contribution in [3.63, 3.8) is 0 Å². The average Bonchev–Trinajstić information content (AvgIpc) is 3.29. The minimum absolute atomic E-state index is 0.296. The highest BCUT2D eigenvalue weighted by atomic mass is 15.2. The molecule has 1 aliphatic rings. The predicted molar refractivity (Wildman–Crippen MR) is 93.9 cm³/mol. The van der Waals surface area contributed by atoms with Crippen molar-refractivity contribution in [2.75, 3.05) is 10.6 Å². The van der Waals surface area contributed by atoms with E-state index in [1.54, 1.807) is 6.20 Å². The fourth-order valence-corrected chi connectivity index (χ4v) is 2.58. The highest BCUT2D eigenvalue weighted by Crippen LogP contribution is 2.29. The van der Waals surface area contributed by atoms with Gasteiger partial charge >= 0.3 is 0 Å². The summed E-state index contributed by atoms with van der Waals surface area (Å²) >= 11 is 0. The minimum Gasteiger partial charge on any atom is -0.365 e. The van der Waals surface area contributed by atoms with Crippen LogP contribution in [0.5, 0.6) is 0 Å². The van der Waals surface area contributed by atoms with Crippen LogP contribution in [0.1, 0.15) is 38.3 Å². The summed E-state index contributed by atoms with van der Waals surface area (Å²) in [4.78, 5) is 18.0. The van der Waals surface area contributed by atoms with E-state index in [1.165, 1.54) is 12.8 Å². The molecule has 0 aliphatic heterocycles. The maximum atomic E-state index is 4.68.